The molecule has 2 saturated carbocycles. The Kier molecular flexibility index (Phi) is 26.4. The molecule has 2 unspecified atom stereocenters. The molecule has 11 heteroatoms. The number of piperidine rings is 2. The zero-order valence-corrected chi connectivity index (χ0v) is 45.1. The molecular formula is C59H102N2O9. The number of hydrogen-bond acceptors (Lipinski definition) is 10. The van der Waals surface area contributed by atoms with Gasteiger partial charge in [-0.3, -0.25) is 24.0 Å². The highest BCUT2D eigenvalue weighted by Crippen LogP contribution is 2.71. The zero-order chi connectivity index (χ0) is 49.9. The molecule has 1 amide bonds. The number of esters is 4. The Morgan fingerprint density at radius 1 is 0.500 bits per heavy atom. The van der Waals surface area contributed by atoms with E-state index in [0.29, 0.717) is 95.4 Å². The van der Waals surface area contributed by atoms with Crippen LogP contribution in [-0.4, -0.2) is 98.7 Å². The molecule has 402 valence electrons. The fourth-order valence-electron chi connectivity index (χ4n) is 13.5. The third-order valence-electron chi connectivity index (χ3n) is 17.5. The Labute approximate surface area is 426 Å². The standard InChI is InChI=1S/C59H102N2O9/c1-4-7-9-11-12-16-26-50-42-59(45-58(46-59)40-49(41-58)25-6-3)51(27-17-10-8-5-2)44-68-54(64)30-19-14-21-32-56(66)70-48-57(47-69-55(65)31-20-13-18-29-53(63)67-43-50)33-38-61(39-34-57)52(62)28-24-37-60-35-22-15-23-36-60/h49-51H,4-48H2,1-3H3. The third-order valence-corrected chi connectivity index (χ3v) is 17.5. The van der Waals surface area contributed by atoms with E-state index in [2.05, 4.69) is 25.7 Å². The first-order valence-electron chi connectivity index (χ1n) is 29.6. The molecule has 5 aliphatic rings. The first-order chi connectivity index (χ1) is 34.0. The van der Waals surface area contributed by atoms with Crippen LogP contribution in [0.15, 0.2) is 0 Å². The highest BCUT2D eigenvalue weighted by molar-refractivity contribution is 5.76. The monoisotopic (exact) mass is 983 g/mol. The quantitative estimate of drug-likeness (QED) is 0.0743. The van der Waals surface area contributed by atoms with E-state index in [1.54, 1.807) is 0 Å². The van der Waals surface area contributed by atoms with Crippen LogP contribution in [0.3, 0.4) is 0 Å². The Morgan fingerprint density at radius 2 is 1.01 bits per heavy atom. The van der Waals surface area contributed by atoms with Crippen molar-refractivity contribution in [2.75, 3.05) is 59.2 Å². The maximum Gasteiger partial charge on any atom is 0.305 e. The average Bonchev–Trinajstić information content (AvgIpc) is 3.33. The number of likely N-dealkylation sites (tertiary alicyclic amines) is 2. The lowest BCUT2D eigenvalue weighted by molar-refractivity contribution is -0.183. The van der Waals surface area contributed by atoms with Crippen LogP contribution >= 0.6 is 0 Å². The summed E-state index contributed by atoms with van der Waals surface area (Å²) in [5.74, 6) is 0.721. The van der Waals surface area contributed by atoms with Crippen molar-refractivity contribution in [1.82, 2.24) is 9.80 Å². The van der Waals surface area contributed by atoms with Crippen LogP contribution in [0.4, 0.5) is 0 Å². The van der Waals surface area contributed by atoms with Crippen molar-refractivity contribution in [3.8, 4) is 0 Å². The largest absolute Gasteiger partial charge is 0.465 e. The van der Waals surface area contributed by atoms with Crippen molar-refractivity contribution in [3.05, 3.63) is 0 Å². The summed E-state index contributed by atoms with van der Waals surface area (Å²) in [6.07, 6.45) is 34.5. The Bertz CT molecular complexity index is 1520. The number of rotatable bonds is 18. The zero-order valence-electron chi connectivity index (χ0n) is 45.1. The van der Waals surface area contributed by atoms with Gasteiger partial charge in [-0.1, -0.05) is 117 Å². The highest BCUT2D eigenvalue weighted by atomic mass is 16.6. The van der Waals surface area contributed by atoms with Gasteiger partial charge < -0.3 is 28.7 Å². The molecule has 3 spiro atoms. The molecule has 5 fully saturated rings. The van der Waals surface area contributed by atoms with E-state index in [0.717, 1.165) is 76.9 Å². The van der Waals surface area contributed by atoms with Crippen LogP contribution in [0.2, 0.25) is 0 Å². The summed E-state index contributed by atoms with van der Waals surface area (Å²) < 4.78 is 24.3. The number of cyclic esters (lactones) is 4. The number of hydrogen-bond donors (Lipinski definition) is 0. The topological polar surface area (TPSA) is 129 Å². The lowest BCUT2D eigenvalue weighted by Gasteiger charge is -2.67. The average molecular weight is 983 g/mol. The van der Waals surface area contributed by atoms with Crippen LogP contribution in [0.5, 0.6) is 0 Å². The summed E-state index contributed by atoms with van der Waals surface area (Å²) in [6.45, 7) is 12.3. The molecule has 5 rings (SSSR count). The third kappa shape index (κ3) is 20.3. The molecule has 0 N–H and O–H groups in total. The van der Waals surface area contributed by atoms with Crippen LogP contribution in [-0.2, 0) is 42.9 Å². The summed E-state index contributed by atoms with van der Waals surface area (Å²) in [5, 5.41) is 0. The Balaban J connectivity index is 1.21. The minimum atomic E-state index is -0.554. The molecule has 70 heavy (non-hydrogen) atoms. The summed E-state index contributed by atoms with van der Waals surface area (Å²) in [6, 6.07) is 0. The molecule has 2 atom stereocenters. The Morgan fingerprint density at radius 3 is 1.60 bits per heavy atom. The number of carbonyl (C=O) groups excluding carboxylic acids is 5. The van der Waals surface area contributed by atoms with Gasteiger partial charge in [0.25, 0.3) is 0 Å². The van der Waals surface area contributed by atoms with Crippen molar-refractivity contribution >= 4 is 29.8 Å². The van der Waals surface area contributed by atoms with E-state index in [-0.39, 0.29) is 67.2 Å². The molecule has 0 aromatic rings. The van der Waals surface area contributed by atoms with Gasteiger partial charge in [0.2, 0.25) is 5.91 Å². The first kappa shape index (κ1) is 58.2. The molecular weight excluding hydrogens is 881 g/mol. The van der Waals surface area contributed by atoms with Crippen LogP contribution in [0, 0.1) is 34.0 Å². The molecule has 11 nitrogen and oxygen atoms in total. The second kappa shape index (κ2) is 31.8. The molecule has 0 aromatic heterocycles. The van der Waals surface area contributed by atoms with Crippen LogP contribution in [0.1, 0.15) is 252 Å². The van der Waals surface area contributed by atoms with Gasteiger partial charge in [-0.25, -0.2) is 0 Å². The SMILES string of the molecule is CCCCCCCCC1COC(=O)CCCCCC(=O)OCC2(CCN(C(=O)CCCN3CCCCC3)CC2)COC(=O)CCCCCC(=O)OCC(CCCCCC)C2(C1)CC1(CC(CCC)C1)C2. The fourth-order valence-corrected chi connectivity index (χ4v) is 13.5. The van der Waals surface area contributed by atoms with Crippen LogP contribution in [0.25, 0.3) is 0 Å². The molecule has 0 bridgehead atoms. The number of carbonyl (C=O) groups is 5. The number of nitrogens with zero attached hydrogens (tertiary/aromatic N) is 2. The summed E-state index contributed by atoms with van der Waals surface area (Å²) in [7, 11) is 0. The molecule has 3 saturated heterocycles. The molecule has 2 aliphatic carbocycles. The van der Waals surface area contributed by atoms with E-state index >= 15 is 0 Å². The van der Waals surface area contributed by atoms with E-state index < -0.39 is 5.41 Å². The Hall–Kier alpha value is -2.69. The highest BCUT2D eigenvalue weighted by Gasteiger charge is 2.62. The lowest BCUT2D eigenvalue weighted by Crippen LogP contribution is -2.58. The van der Waals surface area contributed by atoms with Gasteiger partial charge in [0.1, 0.15) is 13.2 Å². The second-order valence-corrected chi connectivity index (χ2v) is 23.6. The van der Waals surface area contributed by atoms with Gasteiger partial charge in [-0.15, -0.1) is 0 Å². The number of ether oxygens (including phenoxy) is 4. The van der Waals surface area contributed by atoms with Crippen molar-refractivity contribution in [3.63, 3.8) is 0 Å². The van der Waals surface area contributed by atoms with Crippen molar-refractivity contribution in [1.29, 1.82) is 0 Å². The van der Waals surface area contributed by atoms with Crippen molar-refractivity contribution < 1.29 is 42.9 Å². The van der Waals surface area contributed by atoms with Gasteiger partial charge in [-0.05, 0) is 151 Å². The van der Waals surface area contributed by atoms with Crippen LogP contribution < -0.4 is 0 Å². The van der Waals surface area contributed by atoms with E-state index in [9.17, 15) is 24.0 Å². The minimum absolute atomic E-state index is 0.0844. The predicted molar refractivity (Wildman–Crippen MR) is 278 cm³/mol. The van der Waals surface area contributed by atoms with Gasteiger partial charge in [0.05, 0.1) is 13.2 Å². The smallest absolute Gasteiger partial charge is 0.305 e. The fraction of sp³-hybridized carbons (Fsp3) is 0.915. The van der Waals surface area contributed by atoms with E-state index in [1.165, 1.54) is 109 Å². The summed E-state index contributed by atoms with van der Waals surface area (Å²) in [4.78, 5) is 70.8. The van der Waals surface area contributed by atoms with Gasteiger partial charge in [0.15, 0.2) is 0 Å². The van der Waals surface area contributed by atoms with E-state index in [4.69, 9.17) is 18.9 Å². The van der Waals surface area contributed by atoms with Crippen molar-refractivity contribution in [2.45, 2.75) is 252 Å². The maximum atomic E-state index is 13.5. The minimum Gasteiger partial charge on any atom is -0.465 e. The second-order valence-electron chi connectivity index (χ2n) is 23.6. The first-order valence-corrected chi connectivity index (χ1v) is 29.6. The maximum absolute atomic E-state index is 13.5. The van der Waals surface area contributed by atoms with Crippen molar-refractivity contribution in [2.24, 2.45) is 34.0 Å². The molecule has 0 aromatic carbocycles. The molecule has 3 aliphatic heterocycles. The molecule has 3 heterocycles. The molecule has 0 radical (unpaired) electrons. The van der Waals surface area contributed by atoms with Gasteiger partial charge in [-0.2, -0.15) is 0 Å². The summed E-state index contributed by atoms with van der Waals surface area (Å²) in [5.41, 5.74) is -0.0481. The lowest BCUT2D eigenvalue weighted by atomic mass is 9.38. The predicted octanol–water partition coefficient (Wildman–Crippen LogP) is 13.3. The van der Waals surface area contributed by atoms with Gasteiger partial charge >= 0.3 is 23.9 Å². The number of amides is 1. The number of unbranched alkanes of at least 4 members (excludes halogenated alkanes) is 8. The summed E-state index contributed by atoms with van der Waals surface area (Å²) >= 11 is 0. The van der Waals surface area contributed by atoms with E-state index in [1.807, 2.05) is 4.90 Å². The normalized spacial score (nSPS) is 28.8. The van der Waals surface area contributed by atoms with Gasteiger partial charge in [0, 0.05) is 50.6 Å².